The molecule has 4 nitrogen and oxygen atoms in total. The van der Waals surface area contributed by atoms with Gasteiger partial charge in [0.15, 0.2) is 5.65 Å². The third-order valence-electron chi connectivity index (χ3n) is 2.84. The minimum Gasteiger partial charge on any atom is -0.364 e. The fourth-order valence-electron chi connectivity index (χ4n) is 1.45. The summed E-state index contributed by atoms with van der Waals surface area (Å²) in [5.41, 5.74) is 1.29. The molecule has 0 aliphatic carbocycles. The molecule has 0 aromatic carbocycles. The number of anilines is 1. The highest BCUT2D eigenvalue weighted by Crippen LogP contribution is 2.19. The lowest BCUT2D eigenvalue weighted by atomic mass is 10.0. The molecule has 1 N–H and O–H groups in total. The highest BCUT2D eigenvalue weighted by molar-refractivity contribution is 6.18. The molecule has 1 unspecified atom stereocenters. The summed E-state index contributed by atoms with van der Waals surface area (Å²) >= 11 is 5.96. The molecule has 0 aliphatic heterocycles. The Hall–Kier alpha value is -1.42. The standard InChI is InChI=1S/C12H15ClN4/c1-3-12(2,8-13)17-10-5-4-9-11(16-10)15-7-6-14-9/h4-7H,3,8H2,1-2H3,(H,15,16,17). The van der Waals surface area contributed by atoms with Crippen molar-refractivity contribution in [2.75, 3.05) is 11.2 Å². The largest absolute Gasteiger partial charge is 0.364 e. The average Bonchev–Trinajstić information content (AvgIpc) is 2.38. The predicted octanol–water partition coefficient (Wildman–Crippen LogP) is 2.84. The summed E-state index contributed by atoms with van der Waals surface area (Å²) < 4.78 is 0. The van der Waals surface area contributed by atoms with E-state index in [0.717, 1.165) is 17.8 Å². The Morgan fingerprint density at radius 3 is 2.76 bits per heavy atom. The number of hydrogen-bond donors (Lipinski definition) is 1. The van der Waals surface area contributed by atoms with Gasteiger partial charge < -0.3 is 5.32 Å². The van der Waals surface area contributed by atoms with Crippen LogP contribution in [-0.2, 0) is 0 Å². The van der Waals surface area contributed by atoms with Gasteiger partial charge in [0.05, 0.1) is 0 Å². The molecule has 0 amide bonds. The van der Waals surface area contributed by atoms with E-state index in [0.29, 0.717) is 11.5 Å². The molecule has 1 atom stereocenters. The van der Waals surface area contributed by atoms with Crippen LogP contribution in [0.1, 0.15) is 20.3 Å². The molecule has 0 aliphatic rings. The first-order valence-corrected chi connectivity index (χ1v) is 6.12. The molecule has 0 fully saturated rings. The summed E-state index contributed by atoms with van der Waals surface area (Å²) in [6.45, 7) is 4.17. The number of hydrogen-bond acceptors (Lipinski definition) is 4. The summed E-state index contributed by atoms with van der Waals surface area (Å²) in [5.74, 6) is 1.31. The maximum Gasteiger partial charge on any atom is 0.180 e. The quantitative estimate of drug-likeness (QED) is 0.848. The molecule has 17 heavy (non-hydrogen) atoms. The van der Waals surface area contributed by atoms with Crippen molar-refractivity contribution in [1.82, 2.24) is 15.0 Å². The lowest BCUT2D eigenvalue weighted by molar-refractivity contribution is 0.551. The molecule has 2 heterocycles. The maximum atomic E-state index is 5.96. The third kappa shape index (κ3) is 2.64. The van der Waals surface area contributed by atoms with E-state index in [-0.39, 0.29) is 5.54 Å². The smallest absolute Gasteiger partial charge is 0.180 e. The van der Waals surface area contributed by atoms with Crippen LogP contribution in [0.15, 0.2) is 24.5 Å². The first-order valence-electron chi connectivity index (χ1n) is 5.59. The van der Waals surface area contributed by atoms with Crippen molar-refractivity contribution in [3.63, 3.8) is 0 Å². The Kier molecular flexibility index (Phi) is 3.43. The Morgan fingerprint density at radius 1 is 1.29 bits per heavy atom. The van der Waals surface area contributed by atoms with Crippen LogP contribution < -0.4 is 5.32 Å². The molecule has 2 aromatic heterocycles. The Bertz CT molecular complexity index is 511. The minimum atomic E-state index is -0.148. The van der Waals surface area contributed by atoms with Crippen molar-refractivity contribution in [2.45, 2.75) is 25.8 Å². The van der Waals surface area contributed by atoms with E-state index in [4.69, 9.17) is 11.6 Å². The Labute approximate surface area is 105 Å². The average molecular weight is 251 g/mol. The normalized spacial score (nSPS) is 14.5. The summed E-state index contributed by atoms with van der Waals surface area (Å²) in [5, 5.41) is 3.34. The van der Waals surface area contributed by atoms with Crippen LogP contribution in [0.3, 0.4) is 0 Å². The molecule has 0 bridgehead atoms. The van der Waals surface area contributed by atoms with Crippen LogP contribution in [0.2, 0.25) is 0 Å². The molecule has 5 heteroatoms. The van der Waals surface area contributed by atoms with Crippen LogP contribution in [0, 0.1) is 0 Å². The number of fused-ring (bicyclic) bond motifs is 1. The topological polar surface area (TPSA) is 50.7 Å². The first-order chi connectivity index (χ1) is 8.17. The van der Waals surface area contributed by atoms with Crippen molar-refractivity contribution in [2.24, 2.45) is 0 Å². The van der Waals surface area contributed by atoms with E-state index in [1.807, 2.05) is 12.1 Å². The van der Waals surface area contributed by atoms with Crippen molar-refractivity contribution in [1.29, 1.82) is 0 Å². The van der Waals surface area contributed by atoms with Gasteiger partial charge in [-0.25, -0.2) is 9.97 Å². The van der Waals surface area contributed by atoms with Crippen molar-refractivity contribution >= 4 is 28.6 Å². The Morgan fingerprint density at radius 2 is 2.06 bits per heavy atom. The van der Waals surface area contributed by atoms with Gasteiger partial charge in [-0.3, -0.25) is 4.98 Å². The Balaban J connectivity index is 2.31. The van der Waals surface area contributed by atoms with Gasteiger partial charge in [-0.1, -0.05) is 6.92 Å². The molecule has 0 saturated heterocycles. The second-order valence-corrected chi connectivity index (χ2v) is 4.54. The number of nitrogens with zero attached hydrogens (tertiary/aromatic N) is 3. The monoisotopic (exact) mass is 250 g/mol. The zero-order chi connectivity index (χ0) is 12.3. The predicted molar refractivity (Wildman–Crippen MR) is 70.4 cm³/mol. The fourth-order valence-corrected chi connectivity index (χ4v) is 1.71. The van der Waals surface area contributed by atoms with Crippen LogP contribution >= 0.6 is 11.6 Å². The SMILES string of the molecule is CCC(C)(CCl)Nc1ccc2nccnc2n1. The second-order valence-electron chi connectivity index (χ2n) is 4.27. The molecular weight excluding hydrogens is 236 g/mol. The van der Waals surface area contributed by atoms with E-state index in [1.54, 1.807) is 12.4 Å². The summed E-state index contributed by atoms with van der Waals surface area (Å²) in [4.78, 5) is 12.8. The number of nitrogens with one attached hydrogen (secondary N) is 1. The van der Waals surface area contributed by atoms with Gasteiger partial charge >= 0.3 is 0 Å². The van der Waals surface area contributed by atoms with E-state index in [9.17, 15) is 0 Å². The van der Waals surface area contributed by atoms with Gasteiger partial charge in [-0.2, -0.15) is 0 Å². The number of aromatic nitrogens is 3. The van der Waals surface area contributed by atoms with E-state index < -0.39 is 0 Å². The van der Waals surface area contributed by atoms with E-state index >= 15 is 0 Å². The molecule has 90 valence electrons. The molecule has 0 spiro atoms. The number of alkyl halides is 1. The molecule has 0 saturated carbocycles. The molecule has 2 rings (SSSR count). The third-order valence-corrected chi connectivity index (χ3v) is 3.43. The van der Waals surface area contributed by atoms with Gasteiger partial charge in [0, 0.05) is 23.8 Å². The summed E-state index contributed by atoms with van der Waals surface area (Å²) in [6, 6.07) is 3.81. The number of halogens is 1. The van der Waals surface area contributed by atoms with Gasteiger partial charge in [0.1, 0.15) is 11.3 Å². The van der Waals surface area contributed by atoms with Crippen LogP contribution in [-0.4, -0.2) is 26.4 Å². The van der Waals surface area contributed by atoms with E-state index in [2.05, 4.69) is 34.1 Å². The zero-order valence-corrected chi connectivity index (χ0v) is 10.7. The summed E-state index contributed by atoms with van der Waals surface area (Å²) in [7, 11) is 0. The lowest BCUT2D eigenvalue weighted by Crippen LogP contribution is -2.36. The van der Waals surface area contributed by atoms with Gasteiger partial charge in [0.25, 0.3) is 0 Å². The van der Waals surface area contributed by atoms with Gasteiger partial charge in [-0.15, -0.1) is 11.6 Å². The van der Waals surface area contributed by atoms with Crippen LogP contribution in [0.25, 0.3) is 11.2 Å². The molecule has 0 radical (unpaired) electrons. The van der Waals surface area contributed by atoms with Crippen molar-refractivity contribution in [3.05, 3.63) is 24.5 Å². The van der Waals surface area contributed by atoms with Crippen molar-refractivity contribution < 1.29 is 0 Å². The minimum absolute atomic E-state index is 0.148. The zero-order valence-electron chi connectivity index (χ0n) is 9.94. The second kappa shape index (κ2) is 4.84. The number of rotatable bonds is 4. The fraction of sp³-hybridized carbons (Fsp3) is 0.417. The highest BCUT2D eigenvalue weighted by Gasteiger charge is 2.20. The van der Waals surface area contributed by atoms with Crippen molar-refractivity contribution in [3.8, 4) is 0 Å². The summed E-state index contributed by atoms with van der Waals surface area (Å²) in [6.07, 6.45) is 4.22. The molecule has 2 aromatic rings. The molecular formula is C12H15ClN4. The first kappa shape index (κ1) is 12.0. The highest BCUT2D eigenvalue weighted by atomic mass is 35.5. The van der Waals surface area contributed by atoms with Crippen LogP contribution in [0.4, 0.5) is 5.82 Å². The number of pyridine rings is 1. The van der Waals surface area contributed by atoms with Gasteiger partial charge in [-0.05, 0) is 25.5 Å². The maximum absolute atomic E-state index is 5.96. The van der Waals surface area contributed by atoms with Crippen LogP contribution in [0.5, 0.6) is 0 Å². The van der Waals surface area contributed by atoms with E-state index in [1.165, 1.54) is 0 Å². The van der Waals surface area contributed by atoms with Gasteiger partial charge in [0.2, 0.25) is 0 Å². The lowest BCUT2D eigenvalue weighted by Gasteiger charge is -2.27.